The maximum Gasteiger partial charge on any atom is 0.227 e. The summed E-state index contributed by atoms with van der Waals surface area (Å²) in [6, 6.07) is 14.7. The Morgan fingerprint density at radius 1 is 0.973 bits per heavy atom. The second-order valence-corrected chi connectivity index (χ2v) is 10.9. The van der Waals surface area contributed by atoms with E-state index in [2.05, 4.69) is 16.3 Å². The molecule has 2 aliphatic heterocycles. The fourth-order valence-electron chi connectivity index (χ4n) is 5.51. The topological polar surface area (TPSA) is 43.9 Å². The Morgan fingerprint density at radius 3 is 2.54 bits per heavy atom. The van der Waals surface area contributed by atoms with E-state index in [0.717, 1.165) is 24.1 Å². The summed E-state index contributed by atoms with van der Waals surface area (Å²) in [5, 5.41) is 2.09. The van der Waals surface area contributed by atoms with Gasteiger partial charge in [0.25, 0.3) is 0 Å². The van der Waals surface area contributed by atoms with Gasteiger partial charge in [0.2, 0.25) is 11.8 Å². The number of thiophene rings is 1. The van der Waals surface area contributed by atoms with E-state index in [1.54, 1.807) is 35.6 Å². The zero-order chi connectivity index (χ0) is 25.9. The van der Waals surface area contributed by atoms with Gasteiger partial charge in [-0.1, -0.05) is 24.3 Å². The van der Waals surface area contributed by atoms with Crippen LogP contribution < -0.4 is 0 Å². The van der Waals surface area contributed by atoms with E-state index < -0.39 is 0 Å². The monoisotopic (exact) mass is 523 g/mol. The molecule has 194 valence electrons. The van der Waals surface area contributed by atoms with Gasteiger partial charge < -0.3 is 9.80 Å². The fourth-order valence-corrected chi connectivity index (χ4v) is 6.41. The van der Waals surface area contributed by atoms with Gasteiger partial charge in [-0.15, -0.1) is 11.3 Å². The summed E-state index contributed by atoms with van der Waals surface area (Å²) in [5.41, 5.74) is 2.89. The van der Waals surface area contributed by atoms with Crippen LogP contribution in [-0.4, -0.2) is 65.3 Å². The van der Waals surface area contributed by atoms with Crippen LogP contribution in [0.25, 0.3) is 0 Å². The standard InChI is InChI=1S/C29H31F2N3O2S/c1-20-19-33(14-15-34(20)28(36)17-21-5-7-23(30)8-6-21)27(35)10-13-32-12-9-26-25(11-16-37-26)29(32)22-3-2-4-24(31)18-22/h2-8,11,16,18,20,29H,9-10,12-15,17,19H2,1H3/t20-,29-/m1/s1. The molecule has 1 fully saturated rings. The van der Waals surface area contributed by atoms with Crippen LogP contribution in [0.4, 0.5) is 8.78 Å². The molecule has 5 nitrogen and oxygen atoms in total. The van der Waals surface area contributed by atoms with E-state index >= 15 is 0 Å². The molecule has 0 aliphatic carbocycles. The minimum Gasteiger partial charge on any atom is -0.339 e. The first-order chi connectivity index (χ1) is 17.9. The molecule has 0 spiro atoms. The number of fused-ring (bicyclic) bond motifs is 1. The van der Waals surface area contributed by atoms with Gasteiger partial charge in [0.1, 0.15) is 11.6 Å². The average molecular weight is 524 g/mol. The van der Waals surface area contributed by atoms with E-state index in [1.807, 2.05) is 22.8 Å². The van der Waals surface area contributed by atoms with Gasteiger partial charge in [0.05, 0.1) is 12.5 Å². The molecule has 0 unspecified atom stereocenters. The second-order valence-electron chi connectivity index (χ2n) is 9.87. The Morgan fingerprint density at radius 2 is 1.78 bits per heavy atom. The lowest BCUT2D eigenvalue weighted by Crippen LogP contribution is -2.56. The fraction of sp³-hybridized carbons (Fsp3) is 0.379. The molecule has 2 aromatic carbocycles. The molecule has 2 amide bonds. The highest BCUT2D eigenvalue weighted by molar-refractivity contribution is 7.10. The van der Waals surface area contributed by atoms with Crippen LogP contribution >= 0.6 is 11.3 Å². The van der Waals surface area contributed by atoms with Gasteiger partial charge in [-0.25, -0.2) is 8.78 Å². The number of carbonyl (C=O) groups excluding carboxylic acids is 2. The van der Waals surface area contributed by atoms with Crippen molar-refractivity contribution in [2.45, 2.75) is 38.3 Å². The molecule has 0 radical (unpaired) electrons. The Kier molecular flexibility index (Phi) is 7.67. The molecule has 0 bridgehead atoms. The third kappa shape index (κ3) is 5.75. The minimum absolute atomic E-state index is 0.0102. The van der Waals surface area contributed by atoms with Crippen molar-refractivity contribution >= 4 is 23.2 Å². The lowest BCUT2D eigenvalue weighted by molar-refractivity contribution is -0.142. The molecule has 0 saturated carbocycles. The highest BCUT2D eigenvalue weighted by Crippen LogP contribution is 2.38. The van der Waals surface area contributed by atoms with Crippen molar-refractivity contribution in [3.63, 3.8) is 0 Å². The zero-order valence-electron chi connectivity index (χ0n) is 20.9. The van der Waals surface area contributed by atoms with Crippen molar-refractivity contribution < 1.29 is 18.4 Å². The van der Waals surface area contributed by atoms with E-state index in [0.29, 0.717) is 32.6 Å². The lowest BCUT2D eigenvalue weighted by Gasteiger charge is -2.41. The third-order valence-electron chi connectivity index (χ3n) is 7.41. The van der Waals surface area contributed by atoms with Gasteiger partial charge in [0.15, 0.2) is 0 Å². The summed E-state index contributed by atoms with van der Waals surface area (Å²) in [6.45, 7) is 4.86. The minimum atomic E-state index is -0.320. The Hall–Kier alpha value is -3.10. The van der Waals surface area contributed by atoms with Gasteiger partial charge in [-0.2, -0.15) is 0 Å². The summed E-state index contributed by atoms with van der Waals surface area (Å²) in [4.78, 5) is 33.3. The summed E-state index contributed by atoms with van der Waals surface area (Å²) in [6.07, 6.45) is 1.53. The summed E-state index contributed by atoms with van der Waals surface area (Å²) >= 11 is 1.74. The number of piperazine rings is 1. The zero-order valence-corrected chi connectivity index (χ0v) is 21.7. The first-order valence-electron chi connectivity index (χ1n) is 12.8. The largest absolute Gasteiger partial charge is 0.339 e. The van der Waals surface area contributed by atoms with Gasteiger partial charge >= 0.3 is 0 Å². The molecular weight excluding hydrogens is 492 g/mol. The van der Waals surface area contributed by atoms with E-state index in [4.69, 9.17) is 0 Å². The smallest absolute Gasteiger partial charge is 0.227 e. The van der Waals surface area contributed by atoms with Crippen LogP contribution in [0.3, 0.4) is 0 Å². The van der Waals surface area contributed by atoms with Crippen molar-refractivity contribution in [2.75, 3.05) is 32.7 Å². The highest BCUT2D eigenvalue weighted by atomic mass is 32.1. The summed E-state index contributed by atoms with van der Waals surface area (Å²) in [7, 11) is 0. The molecule has 2 aliphatic rings. The maximum atomic E-state index is 14.1. The summed E-state index contributed by atoms with van der Waals surface area (Å²) < 4.78 is 27.2. The molecule has 3 aromatic rings. The van der Waals surface area contributed by atoms with Crippen LogP contribution in [0.15, 0.2) is 60.0 Å². The molecule has 2 atom stereocenters. The number of benzene rings is 2. The van der Waals surface area contributed by atoms with E-state index in [9.17, 15) is 18.4 Å². The van der Waals surface area contributed by atoms with Crippen LogP contribution in [0.5, 0.6) is 0 Å². The molecule has 37 heavy (non-hydrogen) atoms. The first kappa shape index (κ1) is 25.5. The quantitative estimate of drug-likeness (QED) is 0.472. The number of hydrogen-bond donors (Lipinski definition) is 0. The Bertz CT molecular complexity index is 1260. The number of amides is 2. The molecular formula is C29H31F2N3O2S. The molecule has 5 rings (SSSR count). The normalized spacial score (nSPS) is 20.1. The number of hydrogen-bond acceptors (Lipinski definition) is 4. The van der Waals surface area contributed by atoms with Crippen molar-refractivity contribution in [3.05, 3.63) is 93.2 Å². The number of halogens is 2. The number of nitrogens with zero attached hydrogens (tertiary/aromatic N) is 3. The maximum absolute atomic E-state index is 14.1. The lowest BCUT2D eigenvalue weighted by atomic mass is 9.93. The van der Waals surface area contributed by atoms with Gasteiger partial charge in [-0.05, 0) is 65.7 Å². The van der Waals surface area contributed by atoms with Crippen molar-refractivity contribution in [3.8, 4) is 0 Å². The van der Waals surface area contributed by atoms with Crippen molar-refractivity contribution in [1.29, 1.82) is 0 Å². The van der Waals surface area contributed by atoms with Crippen LogP contribution in [0.1, 0.15) is 41.0 Å². The van der Waals surface area contributed by atoms with Crippen LogP contribution in [0.2, 0.25) is 0 Å². The van der Waals surface area contributed by atoms with Crippen molar-refractivity contribution in [2.24, 2.45) is 0 Å². The van der Waals surface area contributed by atoms with E-state index in [-0.39, 0.29) is 42.0 Å². The third-order valence-corrected chi connectivity index (χ3v) is 8.41. The van der Waals surface area contributed by atoms with Crippen LogP contribution in [-0.2, 0) is 22.4 Å². The molecule has 3 heterocycles. The first-order valence-corrected chi connectivity index (χ1v) is 13.6. The molecule has 8 heteroatoms. The SMILES string of the molecule is C[C@@H]1CN(C(=O)CCN2CCc3sccc3[C@H]2c2cccc(F)c2)CCN1C(=O)Cc1ccc(F)cc1. The number of carbonyl (C=O) groups is 2. The molecule has 1 saturated heterocycles. The average Bonchev–Trinajstić information content (AvgIpc) is 3.37. The predicted molar refractivity (Wildman–Crippen MR) is 140 cm³/mol. The van der Waals surface area contributed by atoms with Crippen molar-refractivity contribution in [1.82, 2.24) is 14.7 Å². The summed E-state index contributed by atoms with van der Waals surface area (Å²) in [5.74, 6) is -0.508. The Balaban J connectivity index is 1.18. The number of rotatable bonds is 6. The van der Waals surface area contributed by atoms with Gasteiger partial charge in [-0.3, -0.25) is 14.5 Å². The second kappa shape index (κ2) is 11.1. The Labute approximate surface area is 220 Å². The predicted octanol–water partition coefficient (Wildman–Crippen LogP) is 4.67. The van der Waals surface area contributed by atoms with Crippen LogP contribution in [0, 0.1) is 11.6 Å². The van der Waals surface area contributed by atoms with E-state index in [1.165, 1.54) is 28.6 Å². The highest BCUT2D eigenvalue weighted by Gasteiger charge is 2.32. The molecule has 1 aromatic heterocycles. The molecule has 0 N–H and O–H groups in total. The van der Waals surface area contributed by atoms with Gasteiger partial charge in [0, 0.05) is 50.1 Å².